The van der Waals surface area contributed by atoms with Crippen LogP contribution < -0.4 is 0 Å². The maximum absolute atomic E-state index is 9.43. The lowest BCUT2D eigenvalue weighted by atomic mass is 9.76. The van der Waals surface area contributed by atoms with Crippen molar-refractivity contribution in [3.8, 4) is 22.3 Å². The molecule has 0 spiro atoms. The molecular weight excluding hydrogens is 408 g/mol. The van der Waals surface area contributed by atoms with Crippen molar-refractivity contribution in [1.82, 2.24) is 0 Å². The first-order valence-electron chi connectivity index (χ1n) is 16.6. The van der Waals surface area contributed by atoms with E-state index in [2.05, 4.69) is 0 Å². The van der Waals surface area contributed by atoms with Crippen molar-refractivity contribution in [1.29, 1.82) is 0 Å². The van der Waals surface area contributed by atoms with Gasteiger partial charge in [-0.05, 0) is 72.2 Å². The number of hydrogen-bond acceptors (Lipinski definition) is 0. The monoisotopic (exact) mass is 463 g/mol. The van der Waals surface area contributed by atoms with Crippen LogP contribution >= 0.6 is 0 Å². The highest BCUT2D eigenvalue weighted by Crippen LogP contribution is 2.40. The van der Waals surface area contributed by atoms with Crippen molar-refractivity contribution >= 4 is 0 Å². The first-order chi connectivity index (χ1) is 19.2. The SMILES string of the molecule is [2H]c1c([2H])c(C(C)(C)C)c([2H])c([2H])c1-c1cc(-c2c([2H])c(C(C)(C)C)c([2H])c([2H])c2C(C)(C)C)c([2H])c(C(C)(C)C)c1[2H]. The Hall–Kier alpha value is -2.34. The minimum absolute atomic E-state index is 0.0128. The summed E-state index contributed by atoms with van der Waals surface area (Å²) in [6.07, 6.45) is 0. The second kappa shape index (κ2) is 8.71. The summed E-state index contributed by atoms with van der Waals surface area (Å²) in [5, 5.41) is 0. The van der Waals surface area contributed by atoms with E-state index in [0.29, 0.717) is 22.3 Å². The predicted octanol–water partition coefficient (Wildman–Crippen LogP) is 10.2. The first-order valence-corrected chi connectivity index (χ1v) is 12.1. The molecule has 0 aliphatic rings. The Morgan fingerprint density at radius 2 is 0.912 bits per heavy atom. The van der Waals surface area contributed by atoms with Gasteiger partial charge in [0, 0.05) is 0 Å². The zero-order chi connectivity index (χ0) is 33.5. The molecule has 0 fully saturated rings. The molecule has 0 saturated heterocycles. The molecule has 3 rings (SSSR count). The smallest absolute Gasteiger partial charge is 0.0582 e. The molecule has 0 bridgehead atoms. The Kier molecular flexibility index (Phi) is 4.19. The summed E-state index contributed by atoms with van der Waals surface area (Å²) >= 11 is 0. The van der Waals surface area contributed by atoms with E-state index in [1.54, 1.807) is 6.07 Å². The third kappa shape index (κ3) is 5.83. The van der Waals surface area contributed by atoms with Crippen molar-refractivity contribution in [3.05, 3.63) is 82.7 Å². The van der Waals surface area contributed by atoms with Gasteiger partial charge in [0.25, 0.3) is 0 Å². The van der Waals surface area contributed by atoms with Gasteiger partial charge in [-0.2, -0.15) is 0 Å². The highest BCUT2D eigenvalue weighted by Gasteiger charge is 2.24. The minimum atomic E-state index is -0.724. The molecule has 0 N–H and O–H groups in total. The van der Waals surface area contributed by atoms with Crippen LogP contribution in [-0.2, 0) is 21.7 Å². The largest absolute Gasteiger partial charge is 0.0632 e. The normalized spacial score (nSPS) is 17.0. The van der Waals surface area contributed by atoms with Gasteiger partial charge < -0.3 is 0 Å². The highest BCUT2D eigenvalue weighted by molar-refractivity contribution is 5.77. The van der Waals surface area contributed by atoms with E-state index in [4.69, 9.17) is 8.22 Å². The summed E-state index contributed by atoms with van der Waals surface area (Å²) in [6.45, 7) is 22.5. The average molecular weight is 464 g/mol. The van der Waals surface area contributed by atoms with Gasteiger partial charge in [-0.3, -0.25) is 0 Å². The quantitative estimate of drug-likeness (QED) is 0.354. The van der Waals surface area contributed by atoms with Crippen molar-refractivity contribution in [2.45, 2.75) is 105 Å². The molecule has 34 heavy (non-hydrogen) atoms. The van der Waals surface area contributed by atoms with Crippen LogP contribution in [0.4, 0.5) is 0 Å². The second-order valence-electron chi connectivity index (χ2n) is 13.3. The molecule has 0 atom stereocenters. The summed E-state index contributed by atoms with van der Waals surface area (Å²) in [4.78, 5) is 0. The second-order valence-corrected chi connectivity index (χ2v) is 13.3. The molecule has 0 aromatic heterocycles. The number of hydrogen-bond donors (Lipinski definition) is 0. The average Bonchev–Trinajstić information content (AvgIpc) is 2.78. The maximum Gasteiger partial charge on any atom is 0.0632 e. The molecule has 0 heterocycles. The lowest BCUT2D eigenvalue weighted by Crippen LogP contribution is -2.17. The van der Waals surface area contributed by atoms with Gasteiger partial charge in [-0.25, -0.2) is 0 Å². The van der Waals surface area contributed by atoms with Crippen LogP contribution in [0.2, 0.25) is 0 Å². The molecular formula is C34H46. The van der Waals surface area contributed by atoms with Crippen LogP contribution in [0.3, 0.4) is 0 Å². The molecule has 3 aromatic rings. The Morgan fingerprint density at radius 3 is 1.38 bits per heavy atom. The third-order valence-corrected chi connectivity index (χ3v) is 5.78. The molecule has 182 valence electrons. The summed E-state index contributed by atoms with van der Waals surface area (Å²) in [7, 11) is 0. The first kappa shape index (κ1) is 16.4. The Labute approximate surface area is 222 Å². The van der Waals surface area contributed by atoms with Crippen LogP contribution in [0.1, 0.15) is 118 Å². The van der Waals surface area contributed by atoms with Crippen molar-refractivity contribution < 1.29 is 12.3 Å². The molecule has 0 radical (unpaired) electrons. The van der Waals surface area contributed by atoms with Gasteiger partial charge in [0.1, 0.15) is 0 Å². The standard InChI is InChI=1S/C34H46/c1-31(2,3)26-15-13-23(14-16-26)24-19-25(21-28(20-24)33(7,8)9)29-22-27(32(4,5)6)17-18-30(29)34(10,11)12/h13-22H,1-12H3/i13D,14D,15D,16D,17D,18D,20D,21D,22D. The van der Waals surface area contributed by atoms with Crippen molar-refractivity contribution in [3.63, 3.8) is 0 Å². The Bertz CT molecular complexity index is 1590. The molecule has 0 amide bonds. The van der Waals surface area contributed by atoms with Crippen LogP contribution in [0, 0.1) is 0 Å². The maximum atomic E-state index is 9.43. The zero-order valence-corrected chi connectivity index (χ0v) is 23.1. The van der Waals surface area contributed by atoms with E-state index in [1.165, 1.54) is 0 Å². The lowest BCUT2D eigenvalue weighted by Gasteiger charge is -2.28. The molecule has 0 aliphatic carbocycles. The molecule has 0 heteroatoms. The van der Waals surface area contributed by atoms with Gasteiger partial charge >= 0.3 is 0 Å². The number of rotatable bonds is 2. The Morgan fingerprint density at radius 1 is 0.441 bits per heavy atom. The van der Waals surface area contributed by atoms with E-state index in [-0.39, 0.29) is 76.6 Å². The summed E-state index contributed by atoms with van der Waals surface area (Å²) in [6, 6.07) is 0.625. The fraction of sp³-hybridized carbons (Fsp3) is 0.471. The van der Waals surface area contributed by atoms with Gasteiger partial charge in [-0.1, -0.05) is 137 Å². The van der Waals surface area contributed by atoms with Crippen LogP contribution in [-0.4, -0.2) is 0 Å². The van der Waals surface area contributed by atoms with Crippen molar-refractivity contribution in [2.24, 2.45) is 0 Å². The van der Waals surface area contributed by atoms with Crippen LogP contribution in [0.5, 0.6) is 0 Å². The zero-order valence-electron chi connectivity index (χ0n) is 32.1. The number of benzene rings is 3. The van der Waals surface area contributed by atoms with E-state index >= 15 is 0 Å². The summed E-state index contributed by atoms with van der Waals surface area (Å²) in [5.74, 6) is 0. The molecule has 0 saturated carbocycles. The van der Waals surface area contributed by atoms with E-state index < -0.39 is 21.7 Å². The van der Waals surface area contributed by atoms with Gasteiger partial charge in [0.2, 0.25) is 0 Å². The van der Waals surface area contributed by atoms with Gasteiger partial charge in [-0.15, -0.1) is 0 Å². The molecule has 0 unspecified atom stereocenters. The lowest BCUT2D eigenvalue weighted by molar-refractivity contribution is 0.578. The molecule has 0 nitrogen and oxygen atoms in total. The van der Waals surface area contributed by atoms with E-state index in [9.17, 15) is 4.11 Å². The fourth-order valence-electron chi connectivity index (χ4n) is 3.53. The summed E-state index contributed by atoms with van der Waals surface area (Å²) < 4.78 is 81.7. The predicted molar refractivity (Wildman–Crippen MR) is 152 cm³/mol. The van der Waals surface area contributed by atoms with Crippen LogP contribution in [0.25, 0.3) is 22.3 Å². The van der Waals surface area contributed by atoms with Crippen molar-refractivity contribution in [2.75, 3.05) is 0 Å². The third-order valence-electron chi connectivity index (χ3n) is 5.78. The molecule has 3 aromatic carbocycles. The summed E-state index contributed by atoms with van der Waals surface area (Å²) in [5.41, 5.74) is -0.519. The van der Waals surface area contributed by atoms with E-state index in [1.807, 2.05) is 83.1 Å². The fourth-order valence-corrected chi connectivity index (χ4v) is 3.53. The van der Waals surface area contributed by atoms with Crippen LogP contribution in [0.15, 0.2) is 60.4 Å². The highest BCUT2D eigenvalue weighted by atomic mass is 14.3. The van der Waals surface area contributed by atoms with Gasteiger partial charge in [0.15, 0.2) is 0 Å². The Balaban J connectivity index is 2.75. The minimum Gasteiger partial charge on any atom is -0.0582 e. The topological polar surface area (TPSA) is 0 Å². The van der Waals surface area contributed by atoms with E-state index in [0.717, 1.165) is 0 Å². The van der Waals surface area contributed by atoms with Gasteiger partial charge in [0.05, 0.1) is 12.3 Å². The molecule has 0 aliphatic heterocycles.